The Morgan fingerprint density at radius 2 is 1.76 bits per heavy atom. The van der Waals surface area contributed by atoms with Gasteiger partial charge in [-0.15, -0.1) is 0 Å². The van der Waals surface area contributed by atoms with Gasteiger partial charge < -0.3 is 0 Å². The SMILES string of the molecule is C=C(C)N1C(=O)C2C3CC(C4C=CC(C)C4)C(C3)C2C1=O. The van der Waals surface area contributed by atoms with Crippen molar-refractivity contribution in [2.24, 2.45) is 41.4 Å². The summed E-state index contributed by atoms with van der Waals surface area (Å²) in [5.74, 6) is 2.70. The predicted octanol–water partition coefficient (Wildman–Crippen LogP) is 2.99. The number of allylic oxidation sites excluding steroid dienone is 3. The highest BCUT2D eigenvalue weighted by Gasteiger charge is 2.64. The molecule has 1 heterocycles. The van der Waals surface area contributed by atoms with Crippen LogP contribution in [0.25, 0.3) is 0 Å². The quantitative estimate of drug-likeness (QED) is 0.578. The Morgan fingerprint density at radius 3 is 2.38 bits per heavy atom. The monoisotopic (exact) mass is 285 g/mol. The van der Waals surface area contributed by atoms with Crippen LogP contribution in [0, 0.1) is 41.4 Å². The summed E-state index contributed by atoms with van der Waals surface area (Å²) in [6.45, 7) is 7.84. The van der Waals surface area contributed by atoms with Crippen LogP contribution >= 0.6 is 0 Å². The van der Waals surface area contributed by atoms with E-state index in [1.54, 1.807) is 6.92 Å². The molecule has 7 atom stereocenters. The maximum Gasteiger partial charge on any atom is 0.237 e. The van der Waals surface area contributed by atoms with Crippen LogP contribution in [0.2, 0.25) is 0 Å². The van der Waals surface area contributed by atoms with Crippen molar-refractivity contribution >= 4 is 11.8 Å². The lowest BCUT2D eigenvalue weighted by molar-refractivity contribution is -0.138. The van der Waals surface area contributed by atoms with Crippen LogP contribution in [0.4, 0.5) is 0 Å². The molecule has 0 aromatic heterocycles. The van der Waals surface area contributed by atoms with Crippen LogP contribution in [0.15, 0.2) is 24.4 Å². The van der Waals surface area contributed by atoms with Crippen molar-refractivity contribution in [2.75, 3.05) is 0 Å². The largest absolute Gasteiger partial charge is 0.274 e. The zero-order valence-electron chi connectivity index (χ0n) is 12.8. The van der Waals surface area contributed by atoms with Crippen LogP contribution in [0.5, 0.6) is 0 Å². The molecule has 2 bridgehead atoms. The van der Waals surface area contributed by atoms with Crippen molar-refractivity contribution in [3.05, 3.63) is 24.4 Å². The number of amides is 2. The van der Waals surface area contributed by atoms with Gasteiger partial charge in [0, 0.05) is 5.70 Å². The third-order valence-corrected chi connectivity index (χ3v) is 6.33. The standard InChI is InChI=1S/C18H23NO2/c1-9(2)19-17(20)15-12-7-13(11-5-4-10(3)6-11)14(8-12)16(15)18(19)21/h4-5,10-16H,1,6-8H2,2-3H3. The normalized spacial score (nSPS) is 47.5. The number of rotatable bonds is 2. The zero-order chi connectivity index (χ0) is 14.9. The van der Waals surface area contributed by atoms with E-state index in [1.165, 1.54) is 11.3 Å². The van der Waals surface area contributed by atoms with Gasteiger partial charge >= 0.3 is 0 Å². The molecule has 0 aromatic rings. The molecule has 21 heavy (non-hydrogen) atoms. The lowest BCUT2D eigenvalue weighted by atomic mass is 9.70. The Balaban J connectivity index is 1.61. The first kappa shape index (κ1) is 13.3. The molecule has 1 aliphatic heterocycles. The fourth-order valence-corrected chi connectivity index (χ4v) is 5.61. The highest BCUT2D eigenvalue weighted by Crippen LogP contribution is 2.61. The van der Waals surface area contributed by atoms with Gasteiger partial charge in [0.15, 0.2) is 0 Å². The molecular formula is C18H23NO2. The topological polar surface area (TPSA) is 37.4 Å². The van der Waals surface area contributed by atoms with Crippen molar-refractivity contribution < 1.29 is 9.59 Å². The molecule has 4 aliphatic rings. The summed E-state index contributed by atoms with van der Waals surface area (Å²) in [4.78, 5) is 26.6. The smallest absolute Gasteiger partial charge is 0.237 e. The molecule has 0 N–H and O–H groups in total. The highest BCUT2D eigenvalue weighted by atomic mass is 16.2. The van der Waals surface area contributed by atoms with Gasteiger partial charge in [-0.25, -0.2) is 0 Å². The van der Waals surface area contributed by atoms with Crippen LogP contribution < -0.4 is 0 Å². The Bertz CT molecular complexity index is 564. The fraction of sp³-hybridized carbons (Fsp3) is 0.667. The summed E-state index contributed by atoms with van der Waals surface area (Å²) in [7, 11) is 0. The Hall–Kier alpha value is -1.38. The van der Waals surface area contributed by atoms with Gasteiger partial charge in [-0.1, -0.05) is 25.7 Å². The predicted molar refractivity (Wildman–Crippen MR) is 79.8 cm³/mol. The van der Waals surface area contributed by atoms with Crippen molar-refractivity contribution in [3.63, 3.8) is 0 Å². The Kier molecular flexibility index (Phi) is 2.73. The van der Waals surface area contributed by atoms with E-state index in [-0.39, 0.29) is 23.7 Å². The Morgan fingerprint density at radius 1 is 1.10 bits per heavy atom. The lowest BCUT2D eigenvalue weighted by Gasteiger charge is -2.32. The van der Waals surface area contributed by atoms with Gasteiger partial charge in [-0.2, -0.15) is 0 Å². The van der Waals surface area contributed by atoms with E-state index >= 15 is 0 Å². The summed E-state index contributed by atoms with van der Waals surface area (Å²) in [5, 5.41) is 0. The van der Waals surface area contributed by atoms with E-state index in [0.717, 1.165) is 12.8 Å². The van der Waals surface area contributed by atoms with Crippen molar-refractivity contribution in [1.29, 1.82) is 0 Å². The van der Waals surface area contributed by atoms with Crippen molar-refractivity contribution in [1.82, 2.24) is 4.90 Å². The van der Waals surface area contributed by atoms with Crippen LogP contribution in [-0.4, -0.2) is 16.7 Å². The van der Waals surface area contributed by atoms with Crippen molar-refractivity contribution in [2.45, 2.75) is 33.1 Å². The molecule has 3 heteroatoms. The second-order valence-electron chi connectivity index (χ2n) is 7.62. The van der Waals surface area contributed by atoms with Gasteiger partial charge in [-0.05, 0) is 55.8 Å². The summed E-state index contributed by atoms with van der Waals surface area (Å²) in [6, 6.07) is 0. The molecule has 0 aromatic carbocycles. The van der Waals surface area contributed by atoms with E-state index in [2.05, 4.69) is 25.7 Å². The average Bonchev–Trinajstić information content (AvgIpc) is 3.12. The summed E-state index contributed by atoms with van der Waals surface area (Å²) in [5.41, 5.74) is 0.588. The number of carbonyl (C=O) groups is 2. The molecule has 1 saturated heterocycles. The van der Waals surface area contributed by atoms with E-state index < -0.39 is 0 Å². The van der Waals surface area contributed by atoms with E-state index in [1.807, 2.05) is 0 Å². The van der Waals surface area contributed by atoms with Crippen LogP contribution in [-0.2, 0) is 9.59 Å². The molecule has 2 amide bonds. The number of carbonyl (C=O) groups excluding carboxylic acids is 2. The molecule has 0 spiro atoms. The van der Waals surface area contributed by atoms with E-state index in [9.17, 15) is 9.59 Å². The molecular weight excluding hydrogens is 262 g/mol. The van der Waals surface area contributed by atoms with Crippen LogP contribution in [0.1, 0.15) is 33.1 Å². The summed E-state index contributed by atoms with van der Waals surface area (Å²) in [6.07, 6.45) is 8.12. The zero-order valence-corrected chi connectivity index (χ0v) is 12.8. The van der Waals surface area contributed by atoms with Gasteiger partial charge in [0.25, 0.3) is 0 Å². The van der Waals surface area contributed by atoms with Gasteiger partial charge in [-0.3, -0.25) is 14.5 Å². The minimum atomic E-state index is -0.0535. The molecule has 0 radical (unpaired) electrons. The first-order valence-corrected chi connectivity index (χ1v) is 8.20. The van der Waals surface area contributed by atoms with E-state index in [4.69, 9.17) is 0 Å². The third-order valence-electron chi connectivity index (χ3n) is 6.33. The van der Waals surface area contributed by atoms with Crippen molar-refractivity contribution in [3.8, 4) is 0 Å². The number of nitrogens with zero attached hydrogens (tertiary/aromatic N) is 1. The second kappa shape index (κ2) is 4.31. The van der Waals surface area contributed by atoms with Gasteiger partial charge in [0.2, 0.25) is 11.8 Å². The highest BCUT2D eigenvalue weighted by molar-refractivity contribution is 6.07. The van der Waals surface area contributed by atoms with Crippen LogP contribution in [0.3, 0.4) is 0 Å². The fourth-order valence-electron chi connectivity index (χ4n) is 5.61. The minimum Gasteiger partial charge on any atom is -0.274 e. The number of hydrogen-bond acceptors (Lipinski definition) is 2. The second-order valence-corrected chi connectivity index (χ2v) is 7.62. The molecule has 3 fully saturated rings. The summed E-state index contributed by atoms with van der Waals surface area (Å²) >= 11 is 0. The van der Waals surface area contributed by atoms with Gasteiger partial charge in [0.05, 0.1) is 11.8 Å². The lowest BCUT2D eigenvalue weighted by Crippen LogP contribution is -2.33. The van der Waals surface area contributed by atoms with Gasteiger partial charge in [0.1, 0.15) is 0 Å². The molecule has 3 aliphatic carbocycles. The maximum atomic E-state index is 12.7. The molecule has 7 unspecified atom stereocenters. The Labute approximate surface area is 126 Å². The number of fused-ring (bicyclic) bond motifs is 5. The number of imide groups is 1. The van der Waals surface area contributed by atoms with E-state index in [0.29, 0.717) is 35.3 Å². The molecule has 4 rings (SSSR count). The first-order chi connectivity index (χ1) is 9.99. The average molecular weight is 285 g/mol. The maximum absolute atomic E-state index is 12.7. The minimum absolute atomic E-state index is 0.0267. The summed E-state index contributed by atoms with van der Waals surface area (Å²) < 4.78 is 0. The molecule has 112 valence electrons. The number of hydrogen-bond donors (Lipinski definition) is 0. The molecule has 3 nitrogen and oxygen atoms in total. The number of likely N-dealkylation sites (tertiary alicyclic amines) is 1. The molecule has 2 saturated carbocycles. The third kappa shape index (κ3) is 1.66. The first-order valence-electron chi connectivity index (χ1n) is 8.20.